The van der Waals surface area contributed by atoms with Crippen LogP contribution in [0.15, 0.2) is 18.2 Å². The summed E-state index contributed by atoms with van der Waals surface area (Å²) >= 11 is 17.7. The highest BCUT2D eigenvalue weighted by Gasteiger charge is 2.04. The second-order valence-electron chi connectivity index (χ2n) is 4.47. The molecule has 0 fully saturated rings. The molecule has 0 bridgehead atoms. The van der Waals surface area contributed by atoms with E-state index in [1.165, 1.54) is 12.8 Å². The standard InChI is InChI=1S/C15H21Cl3O2/c16-8-3-1-2-4-9-19-10-11-20-12-13-14(17)6-5-7-15(13)18/h5-7H,1-4,8-12H2. The van der Waals surface area contributed by atoms with Gasteiger partial charge in [0.1, 0.15) is 0 Å². The minimum atomic E-state index is 0.414. The summed E-state index contributed by atoms with van der Waals surface area (Å²) in [6, 6.07) is 5.44. The van der Waals surface area contributed by atoms with Crippen LogP contribution in [0.3, 0.4) is 0 Å². The SMILES string of the molecule is ClCCCCCCOCCOCc1c(Cl)cccc1Cl. The van der Waals surface area contributed by atoms with Crippen molar-refractivity contribution in [3.8, 4) is 0 Å². The molecular formula is C15H21Cl3O2. The topological polar surface area (TPSA) is 18.5 Å². The fourth-order valence-electron chi connectivity index (χ4n) is 1.72. The predicted molar refractivity (Wildman–Crippen MR) is 86.1 cm³/mol. The van der Waals surface area contributed by atoms with Crippen molar-refractivity contribution in [1.29, 1.82) is 0 Å². The maximum absolute atomic E-state index is 6.05. The Hall–Kier alpha value is 0.01000. The molecular weight excluding hydrogens is 319 g/mol. The second-order valence-corrected chi connectivity index (χ2v) is 5.66. The lowest BCUT2D eigenvalue weighted by atomic mass is 10.2. The minimum absolute atomic E-state index is 0.414. The van der Waals surface area contributed by atoms with Crippen LogP contribution in [0.2, 0.25) is 10.0 Å². The summed E-state index contributed by atoms with van der Waals surface area (Å²) in [6.07, 6.45) is 4.51. The van der Waals surface area contributed by atoms with Crippen molar-refractivity contribution in [3.63, 3.8) is 0 Å². The van der Waals surface area contributed by atoms with Crippen LogP contribution in [0, 0.1) is 0 Å². The molecule has 0 unspecified atom stereocenters. The largest absolute Gasteiger partial charge is 0.379 e. The molecule has 0 radical (unpaired) electrons. The van der Waals surface area contributed by atoms with Gasteiger partial charge in [-0.05, 0) is 25.0 Å². The normalized spacial score (nSPS) is 10.9. The summed E-state index contributed by atoms with van der Waals surface area (Å²) in [5, 5.41) is 1.27. The molecule has 5 heteroatoms. The molecule has 0 saturated carbocycles. The molecule has 0 aromatic heterocycles. The van der Waals surface area contributed by atoms with Gasteiger partial charge in [-0.2, -0.15) is 0 Å². The third-order valence-electron chi connectivity index (χ3n) is 2.85. The van der Waals surface area contributed by atoms with Gasteiger partial charge in [0, 0.05) is 28.1 Å². The number of ether oxygens (including phenoxy) is 2. The van der Waals surface area contributed by atoms with Crippen molar-refractivity contribution in [2.24, 2.45) is 0 Å². The van der Waals surface area contributed by atoms with E-state index in [2.05, 4.69) is 0 Å². The van der Waals surface area contributed by atoms with Gasteiger partial charge in [0.15, 0.2) is 0 Å². The lowest BCUT2D eigenvalue weighted by Crippen LogP contribution is -2.06. The zero-order valence-corrected chi connectivity index (χ0v) is 13.8. The Morgan fingerprint density at radius 2 is 1.45 bits per heavy atom. The zero-order valence-electron chi connectivity index (χ0n) is 11.5. The molecule has 0 atom stereocenters. The van der Waals surface area contributed by atoms with Gasteiger partial charge >= 0.3 is 0 Å². The van der Waals surface area contributed by atoms with Crippen LogP contribution in [-0.4, -0.2) is 25.7 Å². The fraction of sp³-hybridized carbons (Fsp3) is 0.600. The molecule has 2 nitrogen and oxygen atoms in total. The van der Waals surface area contributed by atoms with Crippen LogP contribution >= 0.6 is 34.8 Å². The lowest BCUT2D eigenvalue weighted by molar-refractivity contribution is 0.0393. The fourth-order valence-corrected chi connectivity index (χ4v) is 2.41. The lowest BCUT2D eigenvalue weighted by Gasteiger charge is -2.08. The summed E-state index contributed by atoms with van der Waals surface area (Å²) in [7, 11) is 0. The Kier molecular flexibility index (Phi) is 10.5. The molecule has 0 spiro atoms. The second kappa shape index (κ2) is 11.6. The van der Waals surface area contributed by atoms with Gasteiger partial charge in [0.25, 0.3) is 0 Å². The van der Waals surface area contributed by atoms with E-state index in [-0.39, 0.29) is 0 Å². The van der Waals surface area contributed by atoms with Crippen LogP contribution < -0.4 is 0 Å². The van der Waals surface area contributed by atoms with Crippen LogP contribution in [0.1, 0.15) is 31.2 Å². The Labute approximate surface area is 136 Å². The van der Waals surface area contributed by atoms with Gasteiger partial charge in [0.05, 0.1) is 19.8 Å². The number of unbranched alkanes of at least 4 members (excludes halogenated alkanes) is 3. The van der Waals surface area contributed by atoms with E-state index in [0.717, 1.165) is 30.9 Å². The highest BCUT2D eigenvalue weighted by Crippen LogP contribution is 2.24. The molecule has 0 aliphatic carbocycles. The van der Waals surface area contributed by atoms with E-state index >= 15 is 0 Å². The Morgan fingerprint density at radius 1 is 0.800 bits per heavy atom. The Morgan fingerprint density at radius 3 is 2.15 bits per heavy atom. The highest BCUT2D eigenvalue weighted by atomic mass is 35.5. The van der Waals surface area contributed by atoms with Crippen LogP contribution in [0.4, 0.5) is 0 Å². The predicted octanol–water partition coefficient (Wildman–Crippen LogP) is 5.33. The van der Waals surface area contributed by atoms with Crippen LogP contribution in [0.5, 0.6) is 0 Å². The van der Waals surface area contributed by atoms with E-state index in [9.17, 15) is 0 Å². The van der Waals surface area contributed by atoms with Gasteiger partial charge in [-0.15, -0.1) is 11.6 Å². The van der Waals surface area contributed by atoms with E-state index in [1.54, 1.807) is 0 Å². The molecule has 0 aliphatic heterocycles. The van der Waals surface area contributed by atoms with Crippen molar-refractivity contribution in [2.45, 2.75) is 32.3 Å². The van der Waals surface area contributed by atoms with Crippen molar-refractivity contribution >= 4 is 34.8 Å². The van der Waals surface area contributed by atoms with Crippen molar-refractivity contribution in [3.05, 3.63) is 33.8 Å². The minimum Gasteiger partial charge on any atom is -0.379 e. The molecule has 0 aliphatic rings. The molecule has 20 heavy (non-hydrogen) atoms. The number of hydrogen-bond acceptors (Lipinski definition) is 2. The molecule has 1 rings (SSSR count). The maximum Gasteiger partial charge on any atom is 0.0747 e. The molecule has 0 saturated heterocycles. The van der Waals surface area contributed by atoms with Gasteiger partial charge in [0.2, 0.25) is 0 Å². The molecule has 0 heterocycles. The summed E-state index contributed by atoms with van der Waals surface area (Å²) in [5.41, 5.74) is 0.830. The van der Waals surface area contributed by atoms with Crippen molar-refractivity contribution in [1.82, 2.24) is 0 Å². The quantitative estimate of drug-likeness (QED) is 0.401. The van der Waals surface area contributed by atoms with Crippen molar-refractivity contribution in [2.75, 3.05) is 25.7 Å². The first-order chi connectivity index (χ1) is 9.75. The highest BCUT2D eigenvalue weighted by molar-refractivity contribution is 6.35. The van der Waals surface area contributed by atoms with Gasteiger partial charge in [-0.1, -0.05) is 42.1 Å². The number of hydrogen-bond donors (Lipinski definition) is 0. The maximum atomic E-state index is 6.05. The monoisotopic (exact) mass is 338 g/mol. The van der Waals surface area contributed by atoms with Crippen LogP contribution in [-0.2, 0) is 16.1 Å². The number of alkyl halides is 1. The first-order valence-corrected chi connectivity index (χ1v) is 8.19. The van der Waals surface area contributed by atoms with E-state index < -0.39 is 0 Å². The first kappa shape index (κ1) is 18.1. The molecule has 1 aromatic carbocycles. The molecule has 0 amide bonds. The van der Waals surface area contributed by atoms with Gasteiger partial charge in [-0.25, -0.2) is 0 Å². The summed E-state index contributed by atoms with van der Waals surface area (Å²) in [5.74, 6) is 0.749. The first-order valence-electron chi connectivity index (χ1n) is 6.90. The summed E-state index contributed by atoms with van der Waals surface area (Å²) in [6.45, 7) is 2.33. The van der Waals surface area contributed by atoms with E-state index in [1.807, 2.05) is 18.2 Å². The summed E-state index contributed by atoms with van der Waals surface area (Å²) in [4.78, 5) is 0. The number of halogens is 3. The third-order valence-corrected chi connectivity index (χ3v) is 3.83. The van der Waals surface area contributed by atoms with E-state index in [4.69, 9.17) is 44.3 Å². The third kappa shape index (κ3) is 7.70. The summed E-state index contributed by atoms with van der Waals surface area (Å²) < 4.78 is 11.0. The Bertz CT molecular complexity index is 352. The van der Waals surface area contributed by atoms with Gasteiger partial charge < -0.3 is 9.47 Å². The molecule has 0 N–H and O–H groups in total. The Balaban J connectivity index is 2.00. The molecule has 1 aromatic rings. The van der Waals surface area contributed by atoms with Crippen molar-refractivity contribution < 1.29 is 9.47 Å². The van der Waals surface area contributed by atoms with Crippen LogP contribution in [0.25, 0.3) is 0 Å². The average molecular weight is 340 g/mol. The smallest absolute Gasteiger partial charge is 0.0747 e. The number of benzene rings is 1. The average Bonchev–Trinajstić information content (AvgIpc) is 2.43. The van der Waals surface area contributed by atoms with E-state index in [0.29, 0.717) is 29.9 Å². The molecule has 114 valence electrons. The van der Waals surface area contributed by atoms with Gasteiger partial charge in [-0.3, -0.25) is 0 Å². The zero-order chi connectivity index (χ0) is 14.6. The number of rotatable bonds is 11.